The van der Waals surface area contributed by atoms with Gasteiger partial charge in [0, 0.05) is 19.0 Å². The van der Waals surface area contributed by atoms with E-state index in [1.165, 1.54) is 11.3 Å². The largest absolute Gasteiger partial charge is 0.369 e. The summed E-state index contributed by atoms with van der Waals surface area (Å²) in [6.45, 7) is 1.05. The molecule has 0 aromatic carbocycles. The predicted molar refractivity (Wildman–Crippen MR) is 72.2 cm³/mol. The maximum absolute atomic E-state index is 12.2. The second-order valence-corrected chi connectivity index (χ2v) is 6.49. The molecule has 1 saturated heterocycles. The molecule has 0 radical (unpaired) electrons. The van der Waals surface area contributed by atoms with Gasteiger partial charge in [0.1, 0.15) is 4.34 Å². The summed E-state index contributed by atoms with van der Waals surface area (Å²) in [4.78, 5) is 24.9. The van der Waals surface area contributed by atoms with Gasteiger partial charge >= 0.3 is 0 Å². The Morgan fingerprint density at radius 1 is 1.33 bits per heavy atom. The number of halogens is 2. The van der Waals surface area contributed by atoms with Gasteiger partial charge in [0.05, 0.1) is 9.90 Å². The molecule has 0 saturated carbocycles. The van der Waals surface area contributed by atoms with Crippen molar-refractivity contribution in [3.05, 3.63) is 20.3 Å². The molecule has 1 aliphatic rings. The van der Waals surface area contributed by atoms with Crippen molar-refractivity contribution in [1.82, 2.24) is 4.90 Å². The molecule has 1 fully saturated rings. The second kappa shape index (κ2) is 5.47. The summed E-state index contributed by atoms with van der Waals surface area (Å²) in [6.07, 6.45) is 1.22. The Labute approximate surface area is 119 Å². The van der Waals surface area contributed by atoms with Crippen LogP contribution in [0.4, 0.5) is 0 Å². The van der Waals surface area contributed by atoms with E-state index in [0.29, 0.717) is 40.2 Å². The Hall–Kier alpha value is -0.780. The minimum Gasteiger partial charge on any atom is -0.369 e. The van der Waals surface area contributed by atoms with E-state index in [0.717, 1.165) is 0 Å². The normalized spacial score (nSPS) is 16.9. The van der Waals surface area contributed by atoms with E-state index >= 15 is 0 Å². The fraction of sp³-hybridized carbons (Fsp3) is 0.455. The monoisotopic (exact) mass is 306 g/mol. The van der Waals surface area contributed by atoms with Gasteiger partial charge in [0.15, 0.2) is 0 Å². The van der Waals surface area contributed by atoms with Crippen molar-refractivity contribution in [3.8, 4) is 0 Å². The molecule has 7 heteroatoms. The van der Waals surface area contributed by atoms with Crippen molar-refractivity contribution in [2.24, 2.45) is 11.7 Å². The lowest BCUT2D eigenvalue weighted by Gasteiger charge is -2.30. The smallest absolute Gasteiger partial charge is 0.256 e. The van der Waals surface area contributed by atoms with Crippen molar-refractivity contribution >= 4 is 46.4 Å². The highest BCUT2D eigenvalue weighted by Crippen LogP contribution is 2.32. The molecule has 0 aliphatic carbocycles. The average molecular weight is 307 g/mol. The minimum absolute atomic E-state index is 0.129. The molecular formula is C11H12Cl2N2O2S. The fourth-order valence-corrected chi connectivity index (χ4v) is 3.47. The van der Waals surface area contributed by atoms with Crippen LogP contribution < -0.4 is 5.73 Å². The van der Waals surface area contributed by atoms with Gasteiger partial charge in [-0.25, -0.2) is 0 Å². The molecule has 0 spiro atoms. The van der Waals surface area contributed by atoms with Crippen molar-refractivity contribution in [2.45, 2.75) is 12.8 Å². The van der Waals surface area contributed by atoms with Crippen LogP contribution in [0.2, 0.25) is 8.67 Å². The van der Waals surface area contributed by atoms with Crippen LogP contribution in [0, 0.1) is 5.92 Å². The molecule has 1 aromatic rings. The highest BCUT2D eigenvalue weighted by Gasteiger charge is 2.28. The first-order valence-electron chi connectivity index (χ1n) is 5.52. The lowest BCUT2D eigenvalue weighted by Crippen LogP contribution is -2.41. The maximum atomic E-state index is 12.2. The number of nitrogens with two attached hydrogens (primary N) is 1. The number of likely N-dealkylation sites (tertiary alicyclic amines) is 1. The summed E-state index contributed by atoms with van der Waals surface area (Å²) >= 11 is 12.9. The lowest BCUT2D eigenvalue weighted by atomic mass is 9.96. The molecule has 18 heavy (non-hydrogen) atoms. The number of nitrogens with zero attached hydrogens (tertiary/aromatic N) is 1. The Kier molecular flexibility index (Phi) is 4.14. The molecular weight excluding hydrogens is 295 g/mol. The van der Waals surface area contributed by atoms with Crippen molar-refractivity contribution in [2.75, 3.05) is 13.1 Å². The number of amides is 2. The average Bonchev–Trinajstić information content (AvgIpc) is 2.67. The Bertz CT molecular complexity index is 481. The summed E-state index contributed by atoms with van der Waals surface area (Å²) in [6, 6.07) is 1.58. The molecule has 2 amide bonds. The number of piperidine rings is 1. The number of carbonyl (C=O) groups is 2. The summed E-state index contributed by atoms with van der Waals surface area (Å²) in [5.41, 5.74) is 5.68. The van der Waals surface area contributed by atoms with Gasteiger partial charge in [-0.1, -0.05) is 23.2 Å². The van der Waals surface area contributed by atoms with Crippen LogP contribution >= 0.6 is 34.5 Å². The molecule has 0 unspecified atom stereocenters. The zero-order valence-electron chi connectivity index (χ0n) is 9.49. The van der Waals surface area contributed by atoms with E-state index in [1.807, 2.05) is 0 Å². The van der Waals surface area contributed by atoms with Crippen LogP contribution in [-0.2, 0) is 4.79 Å². The first kappa shape index (κ1) is 13.6. The van der Waals surface area contributed by atoms with Gasteiger partial charge < -0.3 is 10.6 Å². The molecule has 2 N–H and O–H groups in total. The van der Waals surface area contributed by atoms with Crippen molar-refractivity contribution in [3.63, 3.8) is 0 Å². The predicted octanol–water partition coefficient (Wildman–Crippen LogP) is 2.39. The van der Waals surface area contributed by atoms with Gasteiger partial charge in [0.2, 0.25) is 5.91 Å². The van der Waals surface area contributed by atoms with E-state index in [2.05, 4.69) is 0 Å². The third-order valence-electron chi connectivity index (χ3n) is 3.07. The molecule has 2 heterocycles. The van der Waals surface area contributed by atoms with E-state index < -0.39 is 0 Å². The molecule has 98 valence electrons. The van der Waals surface area contributed by atoms with Crippen LogP contribution in [0.25, 0.3) is 0 Å². The first-order chi connectivity index (χ1) is 8.49. The summed E-state index contributed by atoms with van der Waals surface area (Å²) in [5.74, 6) is -0.555. The second-order valence-electron chi connectivity index (χ2n) is 4.21. The van der Waals surface area contributed by atoms with E-state index in [4.69, 9.17) is 28.9 Å². The number of hydrogen-bond donors (Lipinski definition) is 1. The van der Waals surface area contributed by atoms with Crippen LogP contribution in [-0.4, -0.2) is 29.8 Å². The number of thiophene rings is 1. The van der Waals surface area contributed by atoms with Gasteiger partial charge in [-0.05, 0) is 18.9 Å². The number of hydrogen-bond acceptors (Lipinski definition) is 3. The molecule has 4 nitrogen and oxygen atoms in total. The van der Waals surface area contributed by atoms with Crippen molar-refractivity contribution in [1.29, 1.82) is 0 Å². The summed E-state index contributed by atoms with van der Waals surface area (Å²) in [7, 11) is 0. The SMILES string of the molecule is NC(=O)C1CCN(C(=O)c2cc(Cl)sc2Cl)CC1. The highest BCUT2D eigenvalue weighted by molar-refractivity contribution is 7.20. The summed E-state index contributed by atoms with van der Waals surface area (Å²) < 4.78 is 0.900. The fourth-order valence-electron chi connectivity index (χ4n) is 2.02. The first-order valence-corrected chi connectivity index (χ1v) is 7.09. The highest BCUT2D eigenvalue weighted by atomic mass is 35.5. The number of carbonyl (C=O) groups excluding carboxylic acids is 2. The third-order valence-corrected chi connectivity index (χ3v) is 4.56. The van der Waals surface area contributed by atoms with Crippen LogP contribution in [0.5, 0.6) is 0 Å². The van der Waals surface area contributed by atoms with Gasteiger partial charge in [-0.15, -0.1) is 11.3 Å². The van der Waals surface area contributed by atoms with Gasteiger partial charge in [0.25, 0.3) is 5.91 Å². The topological polar surface area (TPSA) is 63.4 Å². The Morgan fingerprint density at radius 3 is 2.39 bits per heavy atom. The van der Waals surface area contributed by atoms with Gasteiger partial charge in [-0.2, -0.15) is 0 Å². The third kappa shape index (κ3) is 2.79. The van der Waals surface area contributed by atoms with Crippen LogP contribution in [0.3, 0.4) is 0 Å². The maximum Gasteiger partial charge on any atom is 0.256 e. The molecule has 1 aliphatic heterocycles. The zero-order valence-corrected chi connectivity index (χ0v) is 11.8. The molecule has 2 rings (SSSR count). The van der Waals surface area contributed by atoms with Gasteiger partial charge in [-0.3, -0.25) is 9.59 Å². The van der Waals surface area contributed by atoms with E-state index in [-0.39, 0.29) is 17.7 Å². The Morgan fingerprint density at radius 2 is 1.94 bits per heavy atom. The minimum atomic E-state index is -0.293. The molecule has 1 aromatic heterocycles. The van der Waals surface area contributed by atoms with E-state index in [1.54, 1.807) is 11.0 Å². The standard InChI is InChI=1S/C11H12Cl2N2O2S/c12-8-5-7(9(13)18-8)11(17)15-3-1-6(2-4-15)10(14)16/h5-6H,1-4H2,(H2,14,16). The van der Waals surface area contributed by atoms with E-state index in [9.17, 15) is 9.59 Å². The molecule has 0 atom stereocenters. The Balaban J connectivity index is 2.04. The van der Waals surface area contributed by atoms with Crippen LogP contribution in [0.1, 0.15) is 23.2 Å². The van der Waals surface area contributed by atoms with Crippen molar-refractivity contribution < 1.29 is 9.59 Å². The van der Waals surface area contributed by atoms with Crippen LogP contribution in [0.15, 0.2) is 6.07 Å². The quantitative estimate of drug-likeness (QED) is 0.912. The molecule has 0 bridgehead atoms. The number of rotatable bonds is 2. The number of primary amides is 1. The lowest BCUT2D eigenvalue weighted by molar-refractivity contribution is -0.123. The zero-order chi connectivity index (χ0) is 13.3. The summed E-state index contributed by atoms with van der Waals surface area (Å²) in [5, 5.41) is 0.